The summed E-state index contributed by atoms with van der Waals surface area (Å²) in [5, 5.41) is 5.66. The number of benzene rings is 1. The molecule has 5 nitrogen and oxygen atoms in total. The fourth-order valence-corrected chi connectivity index (χ4v) is 4.86. The Morgan fingerprint density at radius 1 is 1.22 bits per heavy atom. The van der Waals surface area contributed by atoms with Crippen LogP contribution in [-0.2, 0) is 4.79 Å². The van der Waals surface area contributed by atoms with Gasteiger partial charge in [0, 0.05) is 49.1 Å². The first-order chi connectivity index (χ1) is 13.1. The van der Waals surface area contributed by atoms with Crippen molar-refractivity contribution in [2.75, 3.05) is 39.3 Å². The molecule has 2 aliphatic heterocycles. The average molecular weight is 411 g/mol. The first-order valence-electron chi connectivity index (χ1n) is 10.0. The fraction of sp³-hybridized carbons (Fsp3) is 0.650. The summed E-state index contributed by atoms with van der Waals surface area (Å²) in [4.78, 5) is 12.4. The van der Waals surface area contributed by atoms with Gasteiger partial charge in [-0.2, -0.15) is 0 Å². The van der Waals surface area contributed by atoms with Crippen LogP contribution in [0.5, 0.6) is 0 Å². The maximum absolute atomic E-state index is 9.67. The Morgan fingerprint density at radius 2 is 1.89 bits per heavy atom. The summed E-state index contributed by atoms with van der Waals surface area (Å²) in [6.07, 6.45) is 3.46. The molecule has 0 aromatic heterocycles. The number of carbonyl (C=O) groups is 1. The molecule has 2 N–H and O–H groups in total. The van der Waals surface area contributed by atoms with Gasteiger partial charge in [-0.3, -0.25) is 4.79 Å². The lowest BCUT2D eigenvalue weighted by molar-refractivity contribution is -0.110. The van der Waals surface area contributed by atoms with Gasteiger partial charge in [-0.15, -0.1) is 0 Å². The monoisotopic (exact) mass is 410 g/mol. The molecule has 1 aromatic rings. The molecule has 1 atom stereocenters. The average Bonchev–Trinajstić information content (AvgIpc) is 2.65. The second kappa shape index (κ2) is 12.7. The smallest absolute Gasteiger partial charge is 0.207 e. The van der Waals surface area contributed by atoms with E-state index < -0.39 is 0 Å². The number of nitrogens with zero attached hydrogens (tertiary/aromatic N) is 2. The summed E-state index contributed by atoms with van der Waals surface area (Å²) >= 11 is 3.77. The van der Waals surface area contributed by atoms with Crippen LogP contribution >= 0.6 is 23.9 Å². The number of carbonyl (C=O) groups excluding carboxylic acids is 1. The van der Waals surface area contributed by atoms with Crippen molar-refractivity contribution in [3.8, 4) is 0 Å². The Morgan fingerprint density at radius 3 is 2.37 bits per heavy atom. The fourth-order valence-electron chi connectivity index (χ4n) is 2.94. The van der Waals surface area contributed by atoms with E-state index >= 15 is 0 Å². The van der Waals surface area contributed by atoms with Gasteiger partial charge in [0.25, 0.3) is 0 Å². The Labute approximate surface area is 173 Å². The molecule has 1 unspecified atom stereocenters. The quantitative estimate of drug-likeness (QED) is 0.505. The largest absolute Gasteiger partial charge is 0.353 e. The highest BCUT2D eigenvalue weighted by Crippen LogP contribution is 2.30. The minimum Gasteiger partial charge on any atom is -0.353 e. The SMILES string of the molecule is CCN(CC)Sc1ccc(SN2CCCC(C)C2)cc1.O=CNC1CNC1. The van der Waals surface area contributed by atoms with Crippen LogP contribution < -0.4 is 10.6 Å². The summed E-state index contributed by atoms with van der Waals surface area (Å²) < 4.78 is 4.88. The topological polar surface area (TPSA) is 47.6 Å². The third kappa shape index (κ3) is 8.44. The van der Waals surface area contributed by atoms with Crippen LogP contribution in [0.2, 0.25) is 0 Å². The molecule has 0 spiro atoms. The predicted octanol–water partition coefficient (Wildman–Crippen LogP) is 3.48. The summed E-state index contributed by atoms with van der Waals surface area (Å²) in [6, 6.07) is 9.42. The van der Waals surface area contributed by atoms with Crippen LogP contribution in [0.4, 0.5) is 0 Å². The van der Waals surface area contributed by atoms with Crippen molar-refractivity contribution in [3.05, 3.63) is 24.3 Å². The van der Waals surface area contributed by atoms with Gasteiger partial charge in [0.1, 0.15) is 0 Å². The van der Waals surface area contributed by atoms with Crippen molar-refractivity contribution in [3.63, 3.8) is 0 Å². The molecule has 3 rings (SSSR count). The minimum absolute atomic E-state index is 0.400. The van der Waals surface area contributed by atoms with Crippen LogP contribution in [0, 0.1) is 5.92 Å². The van der Waals surface area contributed by atoms with E-state index in [-0.39, 0.29) is 0 Å². The molecule has 2 saturated heterocycles. The van der Waals surface area contributed by atoms with E-state index in [0.29, 0.717) is 6.04 Å². The standard InChI is InChI=1S/C16H26N2S2.C4H8N2O/c1-4-17(5-2)19-15-8-10-16(11-9-15)20-18-12-6-7-14(3)13-18;7-3-6-4-1-5-2-4/h8-11,14H,4-7,12-13H2,1-3H3;3-5H,1-2H2,(H,6,7). The summed E-state index contributed by atoms with van der Waals surface area (Å²) in [5.74, 6) is 0.841. The number of piperidine rings is 1. The predicted molar refractivity (Wildman–Crippen MR) is 117 cm³/mol. The summed E-state index contributed by atoms with van der Waals surface area (Å²) in [6.45, 7) is 13.3. The van der Waals surface area contributed by atoms with Crippen molar-refractivity contribution in [1.82, 2.24) is 19.2 Å². The van der Waals surface area contributed by atoms with E-state index in [1.165, 1.54) is 35.7 Å². The molecule has 1 aromatic carbocycles. The molecule has 0 saturated carbocycles. The minimum atomic E-state index is 0.400. The Hall–Kier alpha value is -0.730. The van der Waals surface area contributed by atoms with Crippen molar-refractivity contribution in [2.24, 2.45) is 5.92 Å². The highest BCUT2D eigenvalue weighted by molar-refractivity contribution is 7.97. The molecule has 2 heterocycles. The van der Waals surface area contributed by atoms with E-state index in [4.69, 9.17) is 0 Å². The number of hydrogen-bond donors (Lipinski definition) is 2. The number of amides is 1. The van der Waals surface area contributed by atoms with Gasteiger partial charge < -0.3 is 10.6 Å². The summed E-state index contributed by atoms with van der Waals surface area (Å²) in [7, 11) is 0. The number of hydrogen-bond acceptors (Lipinski definition) is 6. The maximum atomic E-state index is 9.67. The van der Waals surface area contributed by atoms with Gasteiger partial charge in [0.05, 0.1) is 6.04 Å². The molecular weight excluding hydrogens is 376 g/mol. The molecule has 152 valence electrons. The van der Waals surface area contributed by atoms with Gasteiger partial charge in [0.15, 0.2) is 0 Å². The van der Waals surface area contributed by atoms with E-state index in [1.807, 2.05) is 23.9 Å². The van der Waals surface area contributed by atoms with E-state index in [9.17, 15) is 4.79 Å². The Bertz CT molecular complexity index is 535. The molecule has 27 heavy (non-hydrogen) atoms. The third-order valence-electron chi connectivity index (χ3n) is 4.70. The zero-order valence-corrected chi connectivity index (χ0v) is 18.5. The van der Waals surface area contributed by atoms with E-state index in [1.54, 1.807) is 0 Å². The van der Waals surface area contributed by atoms with Crippen LogP contribution in [-0.4, -0.2) is 60.3 Å². The van der Waals surface area contributed by atoms with Crippen LogP contribution in [0.25, 0.3) is 0 Å². The zero-order valence-electron chi connectivity index (χ0n) is 16.8. The van der Waals surface area contributed by atoms with Crippen LogP contribution in [0.15, 0.2) is 34.1 Å². The highest BCUT2D eigenvalue weighted by atomic mass is 32.2. The van der Waals surface area contributed by atoms with Crippen LogP contribution in [0.1, 0.15) is 33.6 Å². The second-order valence-electron chi connectivity index (χ2n) is 7.04. The molecule has 2 fully saturated rings. The lowest BCUT2D eigenvalue weighted by Crippen LogP contribution is -2.54. The lowest BCUT2D eigenvalue weighted by atomic mass is 10.0. The second-order valence-corrected chi connectivity index (χ2v) is 9.38. The van der Waals surface area contributed by atoms with Gasteiger partial charge in [-0.25, -0.2) is 8.61 Å². The van der Waals surface area contributed by atoms with Crippen molar-refractivity contribution >= 4 is 30.3 Å². The van der Waals surface area contributed by atoms with Gasteiger partial charge in [-0.1, -0.05) is 20.8 Å². The first-order valence-corrected chi connectivity index (χ1v) is 11.6. The molecule has 7 heteroatoms. The maximum Gasteiger partial charge on any atom is 0.207 e. The number of nitrogens with one attached hydrogen (secondary N) is 2. The molecule has 2 aliphatic rings. The molecule has 0 radical (unpaired) electrons. The zero-order chi connectivity index (χ0) is 19.5. The molecule has 0 bridgehead atoms. The normalized spacial score (nSPS) is 20.5. The molecule has 0 aliphatic carbocycles. The van der Waals surface area contributed by atoms with Crippen molar-refractivity contribution in [2.45, 2.75) is 49.4 Å². The first kappa shape index (κ1) is 22.6. The van der Waals surface area contributed by atoms with Crippen molar-refractivity contribution in [1.29, 1.82) is 0 Å². The molecule has 1 amide bonds. The van der Waals surface area contributed by atoms with Crippen LogP contribution in [0.3, 0.4) is 0 Å². The van der Waals surface area contributed by atoms with Gasteiger partial charge in [0.2, 0.25) is 6.41 Å². The van der Waals surface area contributed by atoms with E-state index in [2.05, 4.69) is 64.3 Å². The van der Waals surface area contributed by atoms with Crippen molar-refractivity contribution < 1.29 is 4.79 Å². The molecular formula is C20H34N4OS2. The van der Waals surface area contributed by atoms with Gasteiger partial charge in [-0.05, 0) is 66.9 Å². The lowest BCUT2D eigenvalue weighted by Gasteiger charge is -2.29. The van der Waals surface area contributed by atoms with E-state index in [0.717, 1.165) is 38.5 Å². The number of rotatable bonds is 8. The summed E-state index contributed by atoms with van der Waals surface area (Å²) in [5.41, 5.74) is 0. The Kier molecular flexibility index (Phi) is 10.6. The highest BCUT2D eigenvalue weighted by Gasteiger charge is 2.17. The Balaban J connectivity index is 0.000000313. The third-order valence-corrected chi connectivity index (χ3v) is 7.03. The van der Waals surface area contributed by atoms with Gasteiger partial charge >= 0.3 is 0 Å².